The summed E-state index contributed by atoms with van der Waals surface area (Å²) in [6.07, 6.45) is 9.38. The van der Waals surface area contributed by atoms with E-state index in [-0.39, 0.29) is 11.9 Å². The number of hydrogen-bond donors (Lipinski definition) is 1. The number of aromatic nitrogens is 1. The van der Waals surface area contributed by atoms with E-state index in [1.54, 1.807) is 6.08 Å². The van der Waals surface area contributed by atoms with Crippen LogP contribution in [0.4, 0.5) is 0 Å². The van der Waals surface area contributed by atoms with Gasteiger partial charge in [-0.3, -0.25) is 14.7 Å². The maximum atomic E-state index is 12.0. The van der Waals surface area contributed by atoms with Gasteiger partial charge >= 0.3 is 0 Å². The second-order valence-electron chi connectivity index (χ2n) is 5.46. The van der Waals surface area contributed by atoms with Crippen molar-refractivity contribution in [2.75, 3.05) is 26.9 Å². The van der Waals surface area contributed by atoms with E-state index in [1.807, 2.05) is 55.4 Å². The topological polar surface area (TPSA) is 54.5 Å². The number of rotatable bonds is 6. The summed E-state index contributed by atoms with van der Waals surface area (Å²) >= 11 is 0. The van der Waals surface area contributed by atoms with Crippen LogP contribution in [0.3, 0.4) is 0 Å². The Hall–Kier alpha value is -2.24. The van der Waals surface area contributed by atoms with Gasteiger partial charge < -0.3 is 10.1 Å². The van der Waals surface area contributed by atoms with Crippen LogP contribution in [0.25, 0.3) is 5.57 Å². The van der Waals surface area contributed by atoms with Gasteiger partial charge in [-0.2, -0.15) is 0 Å². The summed E-state index contributed by atoms with van der Waals surface area (Å²) in [5.41, 5.74) is 2.99. The minimum atomic E-state index is -0.193. The third-order valence-corrected chi connectivity index (χ3v) is 3.68. The second-order valence-corrected chi connectivity index (χ2v) is 5.46. The molecule has 1 aromatic rings. The molecule has 0 bridgehead atoms. The largest absolute Gasteiger partial charge is 0.364 e. The van der Waals surface area contributed by atoms with Gasteiger partial charge in [0.25, 0.3) is 0 Å². The highest BCUT2D eigenvalue weighted by Gasteiger charge is 2.27. The zero-order valence-electron chi connectivity index (χ0n) is 13.7. The molecule has 0 spiro atoms. The summed E-state index contributed by atoms with van der Waals surface area (Å²) in [4.78, 5) is 18.1. The Labute approximate surface area is 137 Å². The van der Waals surface area contributed by atoms with Crippen molar-refractivity contribution >= 4 is 11.5 Å². The van der Waals surface area contributed by atoms with Gasteiger partial charge in [-0.05, 0) is 31.2 Å². The van der Waals surface area contributed by atoms with Crippen molar-refractivity contribution < 1.29 is 9.53 Å². The third kappa shape index (κ3) is 4.87. The molecule has 1 atom stereocenters. The SMILES string of the molecule is C=C/C(=C\C=C\CNC(=O)[C@@H]1COCN1C)c1ccc(C)nc1. The third-order valence-electron chi connectivity index (χ3n) is 3.68. The van der Waals surface area contributed by atoms with Crippen molar-refractivity contribution in [3.8, 4) is 0 Å². The van der Waals surface area contributed by atoms with Gasteiger partial charge in [0.1, 0.15) is 6.04 Å². The van der Waals surface area contributed by atoms with Gasteiger partial charge in [0.15, 0.2) is 0 Å². The molecule has 0 unspecified atom stereocenters. The number of ether oxygens (including phenoxy) is 1. The highest BCUT2D eigenvalue weighted by Crippen LogP contribution is 2.14. The number of carbonyl (C=O) groups is 1. The molecule has 1 amide bonds. The lowest BCUT2D eigenvalue weighted by atomic mass is 10.1. The van der Waals surface area contributed by atoms with E-state index in [0.717, 1.165) is 16.8 Å². The van der Waals surface area contributed by atoms with Crippen LogP contribution in [0, 0.1) is 6.92 Å². The van der Waals surface area contributed by atoms with Crippen molar-refractivity contribution in [3.05, 3.63) is 60.5 Å². The van der Waals surface area contributed by atoms with Gasteiger partial charge in [0.2, 0.25) is 5.91 Å². The summed E-state index contributed by atoms with van der Waals surface area (Å²) in [5.74, 6) is -0.00897. The van der Waals surface area contributed by atoms with E-state index in [4.69, 9.17) is 4.74 Å². The summed E-state index contributed by atoms with van der Waals surface area (Å²) in [6.45, 7) is 7.22. The summed E-state index contributed by atoms with van der Waals surface area (Å²) in [6, 6.07) is 3.79. The first-order chi connectivity index (χ1) is 11.1. The lowest BCUT2D eigenvalue weighted by Crippen LogP contribution is -2.42. The Bertz CT molecular complexity index is 605. The van der Waals surface area contributed by atoms with E-state index in [0.29, 0.717) is 19.9 Å². The smallest absolute Gasteiger partial charge is 0.240 e. The predicted octanol–water partition coefficient (Wildman–Crippen LogP) is 1.92. The fraction of sp³-hybridized carbons (Fsp3) is 0.333. The van der Waals surface area contributed by atoms with Crippen molar-refractivity contribution in [1.82, 2.24) is 15.2 Å². The highest BCUT2D eigenvalue weighted by atomic mass is 16.5. The first-order valence-electron chi connectivity index (χ1n) is 7.60. The van der Waals surface area contributed by atoms with Gasteiger partial charge in [-0.15, -0.1) is 0 Å². The molecule has 122 valence electrons. The lowest BCUT2D eigenvalue weighted by molar-refractivity contribution is -0.124. The fourth-order valence-corrected chi connectivity index (χ4v) is 2.24. The molecule has 2 rings (SSSR count). The summed E-state index contributed by atoms with van der Waals surface area (Å²) in [5, 5.41) is 2.88. The number of carbonyl (C=O) groups excluding carboxylic acids is 1. The Morgan fingerprint density at radius 2 is 2.39 bits per heavy atom. The Morgan fingerprint density at radius 3 is 3.00 bits per heavy atom. The molecule has 23 heavy (non-hydrogen) atoms. The van der Waals surface area contributed by atoms with Gasteiger partial charge in [-0.1, -0.05) is 36.9 Å². The van der Waals surface area contributed by atoms with Crippen molar-refractivity contribution in [2.45, 2.75) is 13.0 Å². The number of likely N-dealkylation sites (N-methyl/N-ethyl adjacent to an activating group) is 1. The van der Waals surface area contributed by atoms with E-state index in [2.05, 4.69) is 16.9 Å². The minimum Gasteiger partial charge on any atom is -0.364 e. The monoisotopic (exact) mass is 313 g/mol. The lowest BCUT2D eigenvalue weighted by Gasteiger charge is -2.15. The second kappa shape index (κ2) is 8.41. The number of nitrogens with one attached hydrogen (secondary N) is 1. The molecule has 0 radical (unpaired) electrons. The minimum absolute atomic E-state index is 0.00897. The number of pyridine rings is 1. The van der Waals surface area contributed by atoms with Crippen molar-refractivity contribution in [2.24, 2.45) is 0 Å². The molecular formula is C18H23N3O2. The molecule has 0 aromatic carbocycles. The van der Waals surface area contributed by atoms with Gasteiger partial charge in [-0.25, -0.2) is 0 Å². The molecule has 1 saturated heterocycles. The Kier molecular flexibility index (Phi) is 6.26. The van der Waals surface area contributed by atoms with E-state index < -0.39 is 0 Å². The normalized spacial score (nSPS) is 19.2. The maximum Gasteiger partial charge on any atom is 0.240 e. The molecule has 1 aromatic heterocycles. The fourth-order valence-electron chi connectivity index (χ4n) is 2.24. The molecule has 2 heterocycles. The van der Waals surface area contributed by atoms with Crippen LogP contribution in [-0.2, 0) is 9.53 Å². The molecule has 5 nitrogen and oxygen atoms in total. The number of aryl methyl sites for hydroxylation is 1. The zero-order valence-corrected chi connectivity index (χ0v) is 13.7. The molecule has 0 aliphatic carbocycles. The highest BCUT2D eigenvalue weighted by molar-refractivity contribution is 5.82. The molecule has 1 N–H and O–H groups in total. The number of amides is 1. The number of nitrogens with zero attached hydrogens (tertiary/aromatic N) is 2. The average molecular weight is 313 g/mol. The van der Waals surface area contributed by atoms with E-state index in [9.17, 15) is 4.79 Å². The summed E-state index contributed by atoms with van der Waals surface area (Å²) in [7, 11) is 1.88. The van der Waals surface area contributed by atoms with E-state index in [1.165, 1.54) is 0 Å². The quantitative estimate of drug-likeness (QED) is 0.815. The van der Waals surface area contributed by atoms with E-state index >= 15 is 0 Å². The van der Waals surface area contributed by atoms with Crippen LogP contribution < -0.4 is 5.32 Å². The Morgan fingerprint density at radius 1 is 1.57 bits per heavy atom. The number of hydrogen-bond acceptors (Lipinski definition) is 4. The van der Waals surface area contributed by atoms with Crippen LogP contribution >= 0.6 is 0 Å². The molecule has 1 fully saturated rings. The van der Waals surface area contributed by atoms with Gasteiger partial charge in [0, 0.05) is 18.4 Å². The van der Waals surface area contributed by atoms with Crippen LogP contribution in [0.2, 0.25) is 0 Å². The first kappa shape index (κ1) is 17.1. The number of allylic oxidation sites excluding steroid dienone is 4. The molecular weight excluding hydrogens is 290 g/mol. The predicted molar refractivity (Wildman–Crippen MR) is 91.7 cm³/mol. The van der Waals surface area contributed by atoms with Crippen LogP contribution in [0.5, 0.6) is 0 Å². The van der Waals surface area contributed by atoms with Gasteiger partial charge in [0.05, 0.1) is 13.3 Å². The molecule has 1 aliphatic heterocycles. The van der Waals surface area contributed by atoms with Crippen molar-refractivity contribution in [3.63, 3.8) is 0 Å². The zero-order chi connectivity index (χ0) is 16.7. The molecule has 5 heteroatoms. The summed E-state index contributed by atoms with van der Waals surface area (Å²) < 4.78 is 5.24. The molecule has 1 aliphatic rings. The standard InChI is InChI=1S/C18H23N3O2/c1-4-15(16-9-8-14(2)20-11-16)7-5-6-10-19-18(22)17-12-23-13-21(17)3/h4-9,11,17H,1,10,12-13H2,2-3H3,(H,19,22)/b6-5+,15-7+/t17-/m0/s1. The van der Waals surface area contributed by atoms with Crippen molar-refractivity contribution in [1.29, 1.82) is 0 Å². The maximum absolute atomic E-state index is 12.0. The Balaban J connectivity index is 1.85. The molecule has 0 saturated carbocycles. The van der Waals surface area contributed by atoms with Crippen LogP contribution in [0.1, 0.15) is 11.3 Å². The van der Waals surface area contributed by atoms with Crippen LogP contribution in [-0.4, -0.2) is 48.8 Å². The first-order valence-corrected chi connectivity index (χ1v) is 7.60. The average Bonchev–Trinajstić information content (AvgIpc) is 2.98. The van der Waals surface area contributed by atoms with Crippen LogP contribution in [0.15, 0.2) is 49.2 Å².